The monoisotopic (exact) mass is 231 g/mol. The first kappa shape index (κ1) is 11.4. The van der Waals surface area contributed by atoms with Gasteiger partial charge >= 0.3 is 0 Å². The van der Waals surface area contributed by atoms with Crippen LogP contribution < -0.4 is 5.32 Å². The van der Waals surface area contributed by atoms with E-state index >= 15 is 0 Å². The molecule has 2 rings (SSSR count). The van der Waals surface area contributed by atoms with Crippen LogP contribution in [0.3, 0.4) is 0 Å². The Labute approximate surface area is 92.6 Å². The molecule has 0 aromatic heterocycles. The van der Waals surface area contributed by atoms with Crippen LogP contribution in [0.1, 0.15) is 32.6 Å². The molecule has 1 heterocycles. The van der Waals surface area contributed by atoms with Crippen molar-refractivity contribution in [2.45, 2.75) is 38.6 Å². The molecule has 0 radical (unpaired) electrons. The fraction of sp³-hybridized carbons (Fsp3) is 1.00. The summed E-state index contributed by atoms with van der Waals surface area (Å²) in [7, 11) is -2.69. The Morgan fingerprint density at radius 1 is 1.33 bits per heavy atom. The van der Waals surface area contributed by atoms with Gasteiger partial charge in [-0.1, -0.05) is 6.92 Å². The molecule has 2 atom stereocenters. The largest absolute Gasteiger partial charge is 0.313 e. The van der Waals surface area contributed by atoms with Gasteiger partial charge in [0.15, 0.2) is 9.84 Å². The summed E-state index contributed by atoms with van der Waals surface area (Å²) in [5.41, 5.74) is 0. The Bertz CT molecular complexity index is 309. The van der Waals surface area contributed by atoms with Gasteiger partial charge in [0.25, 0.3) is 0 Å². The standard InChI is InChI=1S/C11H21NO2S/c1-2-11(10-3-4-10)12-7-9-5-6-15(13,14)8-9/h9-12H,2-8H2,1H3. The normalized spacial score (nSPS) is 31.7. The fourth-order valence-electron chi connectivity index (χ4n) is 2.49. The summed E-state index contributed by atoms with van der Waals surface area (Å²) in [4.78, 5) is 0. The summed E-state index contributed by atoms with van der Waals surface area (Å²) in [5, 5.41) is 3.55. The summed E-state index contributed by atoms with van der Waals surface area (Å²) >= 11 is 0. The second-order valence-electron chi connectivity index (χ2n) is 5.03. The van der Waals surface area contributed by atoms with Crippen LogP contribution in [0.5, 0.6) is 0 Å². The number of rotatable bonds is 5. The van der Waals surface area contributed by atoms with Crippen LogP contribution in [-0.4, -0.2) is 32.5 Å². The van der Waals surface area contributed by atoms with Crippen molar-refractivity contribution in [3.05, 3.63) is 0 Å². The highest BCUT2D eigenvalue weighted by Gasteiger charge is 2.32. The number of hydrogen-bond donors (Lipinski definition) is 1. The first-order chi connectivity index (χ1) is 7.11. The highest BCUT2D eigenvalue weighted by atomic mass is 32.2. The van der Waals surface area contributed by atoms with E-state index in [1.165, 1.54) is 19.3 Å². The van der Waals surface area contributed by atoms with Gasteiger partial charge in [-0.3, -0.25) is 0 Å². The van der Waals surface area contributed by atoms with Crippen molar-refractivity contribution in [3.63, 3.8) is 0 Å². The van der Waals surface area contributed by atoms with E-state index in [0.717, 1.165) is 18.9 Å². The summed E-state index contributed by atoms with van der Waals surface area (Å²) in [6.45, 7) is 3.11. The van der Waals surface area contributed by atoms with Gasteiger partial charge in [0.1, 0.15) is 0 Å². The Kier molecular flexibility index (Phi) is 3.36. The molecular weight excluding hydrogens is 210 g/mol. The van der Waals surface area contributed by atoms with Crippen molar-refractivity contribution in [1.29, 1.82) is 0 Å². The number of hydrogen-bond acceptors (Lipinski definition) is 3. The van der Waals surface area contributed by atoms with E-state index in [-0.39, 0.29) is 0 Å². The zero-order valence-corrected chi connectivity index (χ0v) is 10.2. The maximum atomic E-state index is 11.3. The zero-order valence-electron chi connectivity index (χ0n) is 9.41. The first-order valence-corrected chi connectivity index (χ1v) is 7.86. The van der Waals surface area contributed by atoms with Crippen molar-refractivity contribution in [2.75, 3.05) is 18.1 Å². The van der Waals surface area contributed by atoms with Crippen molar-refractivity contribution in [2.24, 2.45) is 11.8 Å². The lowest BCUT2D eigenvalue weighted by molar-refractivity contribution is 0.408. The van der Waals surface area contributed by atoms with Gasteiger partial charge in [-0.15, -0.1) is 0 Å². The van der Waals surface area contributed by atoms with Crippen molar-refractivity contribution < 1.29 is 8.42 Å². The fourth-order valence-corrected chi connectivity index (χ4v) is 4.36. The molecule has 1 aliphatic heterocycles. The van der Waals surface area contributed by atoms with Crippen molar-refractivity contribution in [1.82, 2.24) is 5.32 Å². The third-order valence-electron chi connectivity index (χ3n) is 3.63. The smallest absolute Gasteiger partial charge is 0.150 e. The lowest BCUT2D eigenvalue weighted by Gasteiger charge is -2.18. The second kappa shape index (κ2) is 4.42. The van der Waals surface area contributed by atoms with Gasteiger partial charge in [-0.05, 0) is 44.1 Å². The van der Waals surface area contributed by atoms with Gasteiger partial charge in [0.2, 0.25) is 0 Å². The van der Waals surface area contributed by atoms with E-state index in [4.69, 9.17) is 0 Å². The molecule has 1 saturated heterocycles. The maximum Gasteiger partial charge on any atom is 0.150 e. The highest BCUT2D eigenvalue weighted by Crippen LogP contribution is 2.34. The van der Waals surface area contributed by atoms with Crippen LogP contribution in [0.15, 0.2) is 0 Å². The Hall–Kier alpha value is -0.0900. The number of sulfone groups is 1. The third kappa shape index (κ3) is 3.18. The summed E-state index contributed by atoms with van der Waals surface area (Å²) < 4.78 is 22.5. The minimum Gasteiger partial charge on any atom is -0.313 e. The van der Waals surface area contributed by atoms with E-state index in [0.29, 0.717) is 23.5 Å². The molecule has 0 spiro atoms. The Morgan fingerprint density at radius 2 is 2.07 bits per heavy atom. The van der Waals surface area contributed by atoms with E-state index in [9.17, 15) is 8.42 Å². The van der Waals surface area contributed by atoms with E-state index in [1.807, 2.05) is 0 Å². The predicted molar refractivity (Wildman–Crippen MR) is 61.6 cm³/mol. The minimum absolute atomic E-state index is 0.364. The maximum absolute atomic E-state index is 11.3. The third-order valence-corrected chi connectivity index (χ3v) is 5.46. The molecule has 2 aliphatic rings. The highest BCUT2D eigenvalue weighted by molar-refractivity contribution is 7.91. The van der Waals surface area contributed by atoms with Gasteiger partial charge in [-0.2, -0.15) is 0 Å². The Morgan fingerprint density at radius 3 is 2.53 bits per heavy atom. The quantitative estimate of drug-likeness (QED) is 0.773. The molecule has 15 heavy (non-hydrogen) atoms. The van der Waals surface area contributed by atoms with Crippen molar-refractivity contribution in [3.8, 4) is 0 Å². The molecule has 88 valence electrons. The molecule has 1 aliphatic carbocycles. The minimum atomic E-state index is -2.69. The van der Waals surface area contributed by atoms with E-state index in [2.05, 4.69) is 12.2 Å². The molecule has 2 unspecified atom stereocenters. The molecule has 0 amide bonds. The molecule has 2 fully saturated rings. The lowest BCUT2D eigenvalue weighted by atomic mass is 10.1. The lowest BCUT2D eigenvalue weighted by Crippen LogP contribution is -2.34. The summed E-state index contributed by atoms with van der Waals surface area (Å²) in [6.07, 6.45) is 4.74. The molecule has 0 aromatic rings. The zero-order chi connectivity index (χ0) is 10.9. The SMILES string of the molecule is CCC(NCC1CCS(=O)(=O)C1)C1CC1. The van der Waals surface area contributed by atoms with E-state index < -0.39 is 9.84 Å². The first-order valence-electron chi connectivity index (χ1n) is 6.04. The van der Waals surface area contributed by atoms with Crippen LogP contribution >= 0.6 is 0 Å². The van der Waals surface area contributed by atoms with Crippen molar-refractivity contribution >= 4 is 9.84 Å². The molecule has 3 nitrogen and oxygen atoms in total. The van der Waals surface area contributed by atoms with Crippen LogP contribution in [0.2, 0.25) is 0 Å². The van der Waals surface area contributed by atoms with Gasteiger partial charge < -0.3 is 5.32 Å². The van der Waals surface area contributed by atoms with Crippen LogP contribution in [0, 0.1) is 11.8 Å². The van der Waals surface area contributed by atoms with Crippen LogP contribution in [-0.2, 0) is 9.84 Å². The van der Waals surface area contributed by atoms with Gasteiger partial charge in [0.05, 0.1) is 11.5 Å². The van der Waals surface area contributed by atoms with Crippen LogP contribution in [0.4, 0.5) is 0 Å². The molecular formula is C11H21NO2S. The molecule has 1 saturated carbocycles. The average Bonchev–Trinajstić information content (AvgIpc) is 2.93. The molecule has 1 N–H and O–H groups in total. The van der Waals surface area contributed by atoms with Crippen LogP contribution in [0.25, 0.3) is 0 Å². The summed E-state index contributed by atoms with van der Waals surface area (Å²) in [5.74, 6) is 2.04. The van der Waals surface area contributed by atoms with Gasteiger partial charge in [0, 0.05) is 6.04 Å². The molecule has 0 bridgehead atoms. The molecule has 4 heteroatoms. The predicted octanol–water partition coefficient (Wildman–Crippen LogP) is 1.20. The Balaban J connectivity index is 1.73. The molecule has 0 aromatic carbocycles. The topological polar surface area (TPSA) is 46.2 Å². The second-order valence-corrected chi connectivity index (χ2v) is 7.26. The number of nitrogens with one attached hydrogen (secondary N) is 1. The summed E-state index contributed by atoms with van der Waals surface area (Å²) in [6, 6.07) is 0.633. The average molecular weight is 231 g/mol. The van der Waals surface area contributed by atoms with Gasteiger partial charge in [-0.25, -0.2) is 8.42 Å². The van der Waals surface area contributed by atoms with E-state index in [1.54, 1.807) is 0 Å².